The van der Waals surface area contributed by atoms with Crippen LogP contribution in [-0.2, 0) is 13.2 Å². The molecule has 1 N–H and O–H groups in total. The quantitative estimate of drug-likeness (QED) is 0.330. The van der Waals surface area contributed by atoms with Gasteiger partial charge in [0.15, 0.2) is 17.1 Å². The number of hydrogen-bond donors (Lipinski definition) is 1. The number of ether oxygens (including phenoxy) is 2. The summed E-state index contributed by atoms with van der Waals surface area (Å²) < 4.78 is 14.5. The Kier molecular flexibility index (Phi) is 6.93. The minimum absolute atomic E-state index is 0.223. The number of aromatic nitrogens is 4. The molecule has 0 unspecified atom stereocenters. The number of nitrogens with zero attached hydrogens (tertiary/aromatic N) is 4. The lowest BCUT2D eigenvalue weighted by molar-refractivity contribution is 0.102. The normalized spacial score (nSPS) is 10.8. The first-order valence-electron chi connectivity index (χ1n) is 11.8. The van der Waals surface area contributed by atoms with E-state index in [2.05, 4.69) is 15.4 Å². The van der Waals surface area contributed by atoms with Crippen molar-refractivity contribution < 1.29 is 14.3 Å². The highest BCUT2D eigenvalue weighted by Crippen LogP contribution is 2.29. The maximum Gasteiger partial charge on any atom is 0.350 e. The summed E-state index contributed by atoms with van der Waals surface area (Å²) in [6.45, 7) is 2.92. The summed E-state index contributed by atoms with van der Waals surface area (Å²) in [6.07, 6.45) is 5.13. The van der Waals surface area contributed by atoms with E-state index in [1.165, 1.54) is 9.08 Å². The minimum Gasteiger partial charge on any atom is -0.490 e. The molecule has 0 radical (unpaired) electrons. The van der Waals surface area contributed by atoms with E-state index < -0.39 is 0 Å². The lowest BCUT2D eigenvalue weighted by Gasteiger charge is -2.14. The van der Waals surface area contributed by atoms with Gasteiger partial charge in [-0.3, -0.25) is 14.2 Å². The van der Waals surface area contributed by atoms with Crippen LogP contribution in [0.25, 0.3) is 5.65 Å². The van der Waals surface area contributed by atoms with Crippen LogP contribution in [0.5, 0.6) is 11.5 Å². The van der Waals surface area contributed by atoms with Gasteiger partial charge in [0.05, 0.1) is 13.2 Å². The zero-order valence-corrected chi connectivity index (χ0v) is 20.2. The number of anilines is 1. The highest BCUT2D eigenvalue weighted by atomic mass is 16.5. The Morgan fingerprint density at radius 2 is 1.84 bits per heavy atom. The first-order chi connectivity index (χ1) is 18.1. The third kappa shape index (κ3) is 5.51. The second-order valence-corrected chi connectivity index (χ2v) is 8.27. The average Bonchev–Trinajstić information content (AvgIpc) is 3.23. The number of amides is 1. The molecule has 0 aliphatic carbocycles. The van der Waals surface area contributed by atoms with Crippen molar-refractivity contribution in [2.24, 2.45) is 0 Å². The molecule has 3 aromatic heterocycles. The van der Waals surface area contributed by atoms with Crippen molar-refractivity contribution in [1.82, 2.24) is 19.2 Å². The van der Waals surface area contributed by atoms with Crippen LogP contribution in [0.15, 0.2) is 96.2 Å². The van der Waals surface area contributed by atoms with Gasteiger partial charge in [-0.05, 0) is 61.0 Å². The van der Waals surface area contributed by atoms with Crippen LogP contribution in [0.4, 0.5) is 5.69 Å². The standard InChI is InChI=1S/C28H25N5O4/c1-2-36-25-16-22(11-12-24(25)37-19-21-8-6-13-29-17-21)27(34)30-23-9-5-7-20(15-23)18-33-28(35)32-14-4-3-10-26(32)31-33/h3-17H,2,18-19H2,1H3,(H,30,34). The molecule has 0 atom stereocenters. The molecule has 9 heteroatoms. The summed E-state index contributed by atoms with van der Waals surface area (Å²) in [5, 5.41) is 7.28. The third-order valence-electron chi connectivity index (χ3n) is 5.63. The fourth-order valence-corrected chi connectivity index (χ4v) is 3.88. The topological polar surface area (TPSA) is 99.8 Å². The molecule has 0 spiro atoms. The zero-order chi connectivity index (χ0) is 25.6. The zero-order valence-electron chi connectivity index (χ0n) is 20.2. The highest BCUT2D eigenvalue weighted by molar-refractivity contribution is 6.04. The summed E-state index contributed by atoms with van der Waals surface area (Å²) in [4.78, 5) is 29.7. The van der Waals surface area contributed by atoms with Gasteiger partial charge < -0.3 is 14.8 Å². The Bertz CT molecular complexity index is 1590. The molecule has 0 aliphatic heterocycles. The summed E-state index contributed by atoms with van der Waals surface area (Å²) >= 11 is 0. The van der Waals surface area contributed by atoms with E-state index in [1.807, 2.05) is 43.3 Å². The van der Waals surface area contributed by atoms with E-state index >= 15 is 0 Å². The number of nitrogens with one attached hydrogen (secondary N) is 1. The van der Waals surface area contributed by atoms with E-state index in [0.29, 0.717) is 41.6 Å². The molecule has 186 valence electrons. The molecular formula is C28H25N5O4. The van der Waals surface area contributed by atoms with Gasteiger partial charge in [-0.1, -0.05) is 24.3 Å². The molecule has 0 bridgehead atoms. The third-order valence-corrected chi connectivity index (χ3v) is 5.63. The molecule has 1 amide bonds. The molecule has 0 saturated carbocycles. The summed E-state index contributed by atoms with van der Waals surface area (Å²) in [5.74, 6) is 0.739. The summed E-state index contributed by atoms with van der Waals surface area (Å²) in [7, 11) is 0. The van der Waals surface area contributed by atoms with E-state index in [1.54, 1.807) is 55.0 Å². The van der Waals surface area contributed by atoms with Crippen LogP contribution < -0.4 is 20.5 Å². The van der Waals surface area contributed by atoms with Gasteiger partial charge in [-0.25, -0.2) is 9.48 Å². The van der Waals surface area contributed by atoms with Gasteiger partial charge in [-0.2, -0.15) is 0 Å². The summed E-state index contributed by atoms with van der Waals surface area (Å²) in [5.41, 5.74) is 3.15. The molecule has 37 heavy (non-hydrogen) atoms. The fraction of sp³-hybridized carbons (Fsp3) is 0.143. The number of benzene rings is 2. The van der Waals surface area contributed by atoms with Gasteiger partial charge in [0.2, 0.25) is 0 Å². The Hall–Kier alpha value is -4.92. The van der Waals surface area contributed by atoms with Crippen LogP contribution in [0.2, 0.25) is 0 Å². The number of carbonyl (C=O) groups is 1. The van der Waals surface area contributed by atoms with Crippen molar-refractivity contribution in [2.75, 3.05) is 11.9 Å². The summed E-state index contributed by atoms with van der Waals surface area (Å²) in [6, 6.07) is 21.6. The van der Waals surface area contributed by atoms with Gasteiger partial charge in [0.25, 0.3) is 5.91 Å². The number of fused-ring (bicyclic) bond motifs is 1. The first kappa shape index (κ1) is 23.8. The second kappa shape index (κ2) is 10.8. The van der Waals surface area contributed by atoms with Crippen molar-refractivity contribution >= 4 is 17.2 Å². The molecular weight excluding hydrogens is 470 g/mol. The number of pyridine rings is 2. The number of rotatable bonds is 9. The molecule has 5 aromatic rings. The molecule has 0 fully saturated rings. The Balaban J connectivity index is 1.30. The first-order valence-corrected chi connectivity index (χ1v) is 11.8. The van der Waals surface area contributed by atoms with Crippen LogP contribution in [-0.4, -0.2) is 31.7 Å². The fourth-order valence-electron chi connectivity index (χ4n) is 3.88. The highest BCUT2D eigenvalue weighted by Gasteiger charge is 2.13. The van der Waals surface area contributed by atoms with Crippen molar-refractivity contribution in [3.05, 3.63) is 119 Å². The van der Waals surface area contributed by atoms with E-state index in [9.17, 15) is 9.59 Å². The maximum absolute atomic E-state index is 13.0. The number of carbonyl (C=O) groups excluding carboxylic acids is 1. The van der Waals surface area contributed by atoms with Crippen LogP contribution >= 0.6 is 0 Å². The van der Waals surface area contributed by atoms with Gasteiger partial charge in [0.1, 0.15) is 6.61 Å². The van der Waals surface area contributed by atoms with E-state index in [4.69, 9.17) is 9.47 Å². The van der Waals surface area contributed by atoms with Crippen molar-refractivity contribution in [3.63, 3.8) is 0 Å². The van der Waals surface area contributed by atoms with Crippen LogP contribution in [0, 0.1) is 0 Å². The van der Waals surface area contributed by atoms with Crippen LogP contribution in [0.1, 0.15) is 28.4 Å². The largest absolute Gasteiger partial charge is 0.490 e. The Morgan fingerprint density at radius 1 is 0.946 bits per heavy atom. The monoisotopic (exact) mass is 495 g/mol. The van der Waals surface area contributed by atoms with Crippen LogP contribution in [0.3, 0.4) is 0 Å². The second-order valence-electron chi connectivity index (χ2n) is 8.27. The average molecular weight is 496 g/mol. The lowest BCUT2D eigenvalue weighted by Crippen LogP contribution is -2.21. The number of hydrogen-bond acceptors (Lipinski definition) is 6. The maximum atomic E-state index is 13.0. The van der Waals surface area contributed by atoms with Gasteiger partial charge >= 0.3 is 5.69 Å². The molecule has 9 nitrogen and oxygen atoms in total. The molecule has 0 saturated heterocycles. The Morgan fingerprint density at radius 3 is 2.65 bits per heavy atom. The van der Waals surface area contributed by atoms with Gasteiger partial charge in [0, 0.05) is 35.4 Å². The molecule has 5 rings (SSSR count). The van der Waals surface area contributed by atoms with E-state index in [0.717, 1.165) is 11.1 Å². The van der Waals surface area contributed by atoms with E-state index in [-0.39, 0.29) is 18.1 Å². The van der Waals surface area contributed by atoms with Crippen molar-refractivity contribution in [2.45, 2.75) is 20.1 Å². The van der Waals surface area contributed by atoms with Crippen molar-refractivity contribution in [3.8, 4) is 11.5 Å². The lowest BCUT2D eigenvalue weighted by atomic mass is 10.1. The smallest absolute Gasteiger partial charge is 0.350 e. The molecule has 2 aromatic carbocycles. The SMILES string of the molecule is CCOc1cc(C(=O)Nc2cccc(Cn3nc4ccccn4c3=O)c2)ccc1OCc1cccnc1. The predicted molar refractivity (Wildman–Crippen MR) is 139 cm³/mol. The van der Waals surface area contributed by atoms with Crippen molar-refractivity contribution in [1.29, 1.82) is 0 Å². The molecule has 3 heterocycles. The Labute approximate surface area is 212 Å². The van der Waals surface area contributed by atoms with Gasteiger partial charge in [-0.15, -0.1) is 5.10 Å². The molecule has 0 aliphatic rings. The minimum atomic E-state index is -0.290. The predicted octanol–water partition coefficient (Wildman–Crippen LogP) is 4.17.